The number of hydrogen-bond donors (Lipinski definition) is 0. The summed E-state index contributed by atoms with van der Waals surface area (Å²) >= 11 is 0. The van der Waals surface area contributed by atoms with Crippen molar-refractivity contribution in [3.05, 3.63) is 71.3 Å². The van der Waals surface area contributed by atoms with Crippen molar-refractivity contribution in [1.82, 2.24) is 9.91 Å². The molecule has 0 bridgehead atoms. The van der Waals surface area contributed by atoms with Crippen LogP contribution in [0.5, 0.6) is 0 Å². The Morgan fingerprint density at radius 2 is 1.94 bits per heavy atom. The lowest BCUT2D eigenvalue weighted by Gasteiger charge is -2.40. The van der Waals surface area contributed by atoms with E-state index in [-0.39, 0.29) is 17.6 Å². The second kappa shape index (κ2) is 8.85. The van der Waals surface area contributed by atoms with E-state index >= 15 is 0 Å². The standard InChI is InChI=1S/C24H27F2N3O2/c1-17(30)29-24(18-7-4-3-5-8-18,11-6-12-28-15-20(16-28)31-2)14-23(27-29)21-13-19(25)9-10-22(21)26/h3-5,7-10,13,20H,6,11-12,14-16H2,1-2H3/t24-/m0/s1. The Hall–Kier alpha value is -2.64. The van der Waals surface area contributed by atoms with Crippen molar-refractivity contribution in [3.8, 4) is 0 Å². The number of amides is 1. The van der Waals surface area contributed by atoms with Gasteiger partial charge in [-0.1, -0.05) is 30.3 Å². The molecule has 1 atom stereocenters. The van der Waals surface area contributed by atoms with Crippen LogP contribution in [0.1, 0.15) is 37.3 Å². The summed E-state index contributed by atoms with van der Waals surface area (Å²) < 4.78 is 33.7. The van der Waals surface area contributed by atoms with Crippen molar-refractivity contribution in [2.75, 3.05) is 26.7 Å². The van der Waals surface area contributed by atoms with Crippen molar-refractivity contribution >= 4 is 11.6 Å². The Morgan fingerprint density at radius 3 is 2.61 bits per heavy atom. The Kier molecular flexibility index (Phi) is 6.16. The molecule has 5 nitrogen and oxygen atoms in total. The molecule has 1 fully saturated rings. The number of likely N-dealkylation sites (tertiary alicyclic amines) is 1. The summed E-state index contributed by atoms with van der Waals surface area (Å²) in [6.45, 7) is 4.15. The number of nitrogens with zero attached hydrogens (tertiary/aromatic N) is 3. The maximum Gasteiger partial charge on any atom is 0.240 e. The summed E-state index contributed by atoms with van der Waals surface area (Å²) in [5, 5.41) is 5.98. The molecule has 2 aromatic rings. The molecule has 1 amide bonds. The molecule has 7 heteroatoms. The zero-order valence-corrected chi connectivity index (χ0v) is 17.9. The van der Waals surface area contributed by atoms with Crippen LogP contribution in [0.3, 0.4) is 0 Å². The minimum atomic E-state index is -0.729. The molecule has 0 unspecified atom stereocenters. The van der Waals surface area contributed by atoms with E-state index in [1.165, 1.54) is 11.9 Å². The third-order valence-corrected chi connectivity index (χ3v) is 6.26. The van der Waals surface area contributed by atoms with E-state index in [2.05, 4.69) is 10.0 Å². The second-order valence-electron chi connectivity index (χ2n) is 8.30. The maximum absolute atomic E-state index is 14.5. The van der Waals surface area contributed by atoms with Crippen LogP contribution in [0.4, 0.5) is 8.78 Å². The number of methoxy groups -OCH3 is 1. The van der Waals surface area contributed by atoms with Crippen LogP contribution in [0.2, 0.25) is 0 Å². The van der Waals surface area contributed by atoms with Gasteiger partial charge in [-0.25, -0.2) is 13.8 Å². The molecule has 0 spiro atoms. The second-order valence-corrected chi connectivity index (χ2v) is 8.30. The fraction of sp³-hybridized carbons (Fsp3) is 0.417. The minimum absolute atomic E-state index is 0.106. The van der Waals surface area contributed by atoms with Crippen LogP contribution in [0.15, 0.2) is 53.6 Å². The SMILES string of the molecule is COC1CN(CCC[C@@]2(c3ccccc3)CC(c3cc(F)ccc3F)=NN2C(C)=O)C1. The van der Waals surface area contributed by atoms with Gasteiger partial charge in [-0.15, -0.1) is 0 Å². The first-order valence-corrected chi connectivity index (χ1v) is 10.6. The fourth-order valence-corrected chi connectivity index (χ4v) is 4.60. The van der Waals surface area contributed by atoms with Gasteiger partial charge in [-0.2, -0.15) is 5.10 Å². The topological polar surface area (TPSA) is 45.1 Å². The molecule has 0 saturated carbocycles. The third-order valence-electron chi connectivity index (χ3n) is 6.26. The lowest BCUT2D eigenvalue weighted by atomic mass is 9.80. The van der Waals surface area contributed by atoms with Crippen LogP contribution >= 0.6 is 0 Å². The van der Waals surface area contributed by atoms with Crippen molar-refractivity contribution in [2.24, 2.45) is 5.10 Å². The molecule has 1 saturated heterocycles. The monoisotopic (exact) mass is 427 g/mol. The Labute approximate surface area is 181 Å². The summed E-state index contributed by atoms with van der Waals surface area (Å²) in [4.78, 5) is 14.9. The summed E-state index contributed by atoms with van der Waals surface area (Å²) in [6.07, 6.45) is 2.12. The Morgan fingerprint density at radius 1 is 1.19 bits per heavy atom. The summed E-state index contributed by atoms with van der Waals surface area (Å²) in [5.74, 6) is -1.30. The first-order valence-electron chi connectivity index (χ1n) is 10.6. The van der Waals surface area contributed by atoms with E-state index in [1.807, 2.05) is 30.3 Å². The quantitative estimate of drug-likeness (QED) is 0.673. The maximum atomic E-state index is 14.5. The van der Waals surface area contributed by atoms with E-state index in [9.17, 15) is 13.6 Å². The van der Waals surface area contributed by atoms with E-state index in [1.54, 1.807) is 7.11 Å². The normalized spacial score (nSPS) is 21.8. The first-order chi connectivity index (χ1) is 14.9. The van der Waals surface area contributed by atoms with Gasteiger partial charge >= 0.3 is 0 Å². The van der Waals surface area contributed by atoms with Gasteiger partial charge in [0.05, 0.1) is 17.4 Å². The molecular weight excluding hydrogens is 400 g/mol. The molecule has 164 valence electrons. The summed E-state index contributed by atoms with van der Waals surface area (Å²) in [7, 11) is 1.72. The zero-order valence-electron chi connectivity index (χ0n) is 17.9. The Bertz CT molecular complexity index is 976. The van der Waals surface area contributed by atoms with Crippen molar-refractivity contribution in [3.63, 3.8) is 0 Å². The van der Waals surface area contributed by atoms with Crippen LogP contribution in [0.25, 0.3) is 0 Å². The molecule has 0 aromatic heterocycles. The van der Waals surface area contributed by atoms with Crippen LogP contribution < -0.4 is 0 Å². The van der Waals surface area contributed by atoms with Gasteiger partial charge in [0.25, 0.3) is 0 Å². The highest BCUT2D eigenvalue weighted by molar-refractivity contribution is 6.03. The molecule has 31 heavy (non-hydrogen) atoms. The first kappa shape index (κ1) is 21.6. The number of benzene rings is 2. The molecule has 2 aliphatic heterocycles. The highest BCUT2D eigenvalue weighted by Gasteiger charge is 2.46. The fourth-order valence-electron chi connectivity index (χ4n) is 4.60. The lowest BCUT2D eigenvalue weighted by molar-refractivity contribution is -0.135. The zero-order chi connectivity index (χ0) is 22.0. The molecule has 0 radical (unpaired) electrons. The van der Waals surface area contributed by atoms with E-state index in [0.29, 0.717) is 18.6 Å². The van der Waals surface area contributed by atoms with Gasteiger partial charge in [0.1, 0.15) is 11.6 Å². The van der Waals surface area contributed by atoms with E-state index in [0.717, 1.165) is 49.8 Å². The molecule has 2 aromatic carbocycles. The van der Waals surface area contributed by atoms with Crippen molar-refractivity contribution < 1.29 is 18.3 Å². The molecular formula is C24H27F2N3O2. The number of ether oxygens (including phenoxy) is 1. The third kappa shape index (κ3) is 4.25. The average molecular weight is 427 g/mol. The minimum Gasteiger partial charge on any atom is -0.379 e. The molecule has 0 aliphatic carbocycles. The number of carbonyl (C=O) groups excluding carboxylic acids is 1. The predicted molar refractivity (Wildman–Crippen MR) is 115 cm³/mol. The summed E-state index contributed by atoms with van der Waals surface area (Å²) in [5.41, 5.74) is 0.709. The van der Waals surface area contributed by atoms with Gasteiger partial charge < -0.3 is 4.74 Å². The molecule has 4 rings (SSSR count). The lowest BCUT2D eigenvalue weighted by Crippen LogP contribution is -2.52. The van der Waals surface area contributed by atoms with Gasteiger partial charge in [-0.05, 0) is 43.1 Å². The molecule has 0 N–H and O–H groups in total. The van der Waals surface area contributed by atoms with Gasteiger partial charge in [0.2, 0.25) is 5.91 Å². The Balaban J connectivity index is 1.63. The average Bonchev–Trinajstić information content (AvgIpc) is 3.13. The number of halogens is 2. The van der Waals surface area contributed by atoms with Crippen molar-refractivity contribution in [1.29, 1.82) is 0 Å². The largest absolute Gasteiger partial charge is 0.379 e. The highest BCUT2D eigenvalue weighted by atomic mass is 19.1. The van der Waals surface area contributed by atoms with E-state index in [4.69, 9.17) is 4.74 Å². The van der Waals surface area contributed by atoms with E-state index < -0.39 is 17.2 Å². The molecule has 2 aliphatic rings. The number of hydrogen-bond acceptors (Lipinski definition) is 4. The number of carbonyl (C=O) groups is 1. The van der Waals surface area contributed by atoms with Gasteiger partial charge in [0.15, 0.2) is 0 Å². The van der Waals surface area contributed by atoms with Crippen LogP contribution in [0, 0.1) is 11.6 Å². The van der Waals surface area contributed by atoms with Crippen LogP contribution in [-0.4, -0.2) is 54.4 Å². The van der Waals surface area contributed by atoms with Crippen molar-refractivity contribution in [2.45, 2.75) is 37.8 Å². The number of rotatable bonds is 7. The predicted octanol–water partition coefficient (Wildman–Crippen LogP) is 3.93. The molecule has 2 heterocycles. The number of hydrazone groups is 1. The van der Waals surface area contributed by atoms with Gasteiger partial charge in [0, 0.05) is 39.1 Å². The smallest absolute Gasteiger partial charge is 0.240 e. The summed E-state index contributed by atoms with van der Waals surface area (Å²) in [6, 6.07) is 13.1. The van der Waals surface area contributed by atoms with Gasteiger partial charge in [-0.3, -0.25) is 9.69 Å². The van der Waals surface area contributed by atoms with Crippen LogP contribution in [-0.2, 0) is 15.1 Å². The highest BCUT2D eigenvalue weighted by Crippen LogP contribution is 2.43.